The van der Waals surface area contributed by atoms with Crippen LogP contribution < -0.4 is 5.32 Å². The molecule has 2 nitrogen and oxygen atoms in total. The number of benzene rings is 2. The van der Waals surface area contributed by atoms with E-state index in [0.717, 1.165) is 19.4 Å². The van der Waals surface area contributed by atoms with Gasteiger partial charge in [-0.25, -0.2) is 0 Å². The van der Waals surface area contributed by atoms with Crippen LogP contribution >= 0.6 is 0 Å². The van der Waals surface area contributed by atoms with Crippen molar-refractivity contribution in [1.82, 2.24) is 0 Å². The normalized spacial score (nSPS) is 22.9. The van der Waals surface area contributed by atoms with E-state index in [0.29, 0.717) is 12.1 Å². The molecule has 1 heterocycles. The van der Waals surface area contributed by atoms with Gasteiger partial charge >= 0.3 is 0 Å². The van der Waals surface area contributed by atoms with Gasteiger partial charge in [0.1, 0.15) is 0 Å². The maximum absolute atomic E-state index is 5.83. The number of rotatable bonds is 4. The third kappa shape index (κ3) is 2.96. The molecule has 0 saturated carbocycles. The average molecular weight is 269 g/mol. The van der Waals surface area contributed by atoms with E-state index in [-0.39, 0.29) is 0 Å². The Morgan fingerprint density at radius 1 is 1.15 bits per heavy atom. The molecule has 2 aromatic rings. The van der Waals surface area contributed by atoms with Crippen molar-refractivity contribution in [3.63, 3.8) is 0 Å². The summed E-state index contributed by atoms with van der Waals surface area (Å²) in [5, 5.41) is 6.35. The monoisotopic (exact) mass is 269 g/mol. The molecule has 0 bridgehead atoms. The van der Waals surface area contributed by atoms with Gasteiger partial charge in [-0.2, -0.15) is 0 Å². The van der Waals surface area contributed by atoms with Gasteiger partial charge in [-0.3, -0.25) is 0 Å². The average Bonchev–Trinajstić information content (AvgIpc) is 2.48. The molecule has 2 atom stereocenters. The van der Waals surface area contributed by atoms with E-state index in [9.17, 15) is 0 Å². The maximum Gasteiger partial charge on any atom is 0.0594 e. The van der Waals surface area contributed by atoms with Crippen molar-refractivity contribution in [3.8, 4) is 0 Å². The van der Waals surface area contributed by atoms with Crippen LogP contribution in [0.25, 0.3) is 10.8 Å². The first-order valence-corrected chi connectivity index (χ1v) is 7.72. The summed E-state index contributed by atoms with van der Waals surface area (Å²) in [4.78, 5) is 0. The van der Waals surface area contributed by atoms with Crippen molar-refractivity contribution in [2.24, 2.45) is 0 Å². The number of fused-ring (bicyclic) bond motifs is 1. The van der Waals surface area contributed by atoms with E-state index in [1.54, 1.807) is 0 Å². The largest absolute Gasteiger partial charge is 0.382 e. The molecule has 1 aliphatic heterocycles. The molecule has 1 saturated heterocycles. The lowest BCUT2D eigenvalue weighted by molar-refractivity contribution is 0.00599. The molecule has 106 valence electrons. The Morgan fingerprint density at radius 2 is 2.00 bits per heavy atom. The molecule has 20 heavy (non-hydrogen) atoms. The summed E-state index contributed by atoms with van der Waals surface area (Å²) in [5.74, 6) is 0. The number of hydrogen-bond donors (Lipinski definition) is 1. The van der Waals surface area contributed by atoms with E-state index in [2.05, 4.69) is 54.7 Å². The second-order valence-corrected chi connectivity index (χ2v) is 5.67. The van der Waals surface area contributed by atoms with E-state index in [1.165, 1.54) is 29.3 Å². The molecule has 0 aliphatic carbocycles. The van der Waals surface area contributed by atoms with Crippen LogP contribution in [-0.2, 0) is 4.74 Å². The third-order valence-electron chi connectivity index (χ3n) is 4.13. The van der Waals surface area contributed by atoms with Crippen LogP contribution in [0.3, 0.4) is 0 Å². The van der Waals surface area contributed by atoms with Crippen molar-refractivity contribution < 1.29 is 4.74 Å². The number of anilines is 1. The fourth-order valence-electron chi connectivity index (χ4n) is 3.11. The Bertz CT molecular complexity index is 559. The molecular formula is C18H23NO. The molecule has 2 unspecified atom stereocenters. The standard InChI is InChI=1S/C18H23NO/c1-2-6-16-13-15(11-12-20-16)19-18-10-5-8-14-7-3-4-9-17(14)18/h3-5,7-10,15-16,19H,2,6,11-13H2,1H3. The molecule has 0 radical (unpaired) electrons. The van der Waals surface area contributed by atoms with Crippen molar-refractivity contribution >= 4 is 16.5 Å². The summed E-state index contributed by atoms with van der Waals surface area (Å²) in [6.07, 6.45) is 5.03. The minimum absolute atomic E-state index is 0.432. The Kier molecular flexibility index (Phi) is 4.22. The molecule has 2 aromatic carbocycles. The van der Waals surface area contributed by atoms with Crippen molar-refractivity contribution in [3.05, 3.63) is 42.5 Å². The summed E-state index contributed by atoms with van der Waals surface area (Å²) in [5.41, 5.74) is 1.25. The molecule has 1 aliphatic rings. The molecule has 0 amide bonds. The van der Waals surface area contributed by atoms with Gasteiger partial charge in [0.05, 0.1) is 6.10 Å². The zero-order valence-electron chi connectivity index (χ0n) is 12.1. The van der Waals surface area contributed by atoms with E-state index in [4.69, 9.17) is 4.74 Å². The molecule has 1 N–H and O–H groups in total. The quantitative estimate of drug-likeness (QED) is 0.876. The summed E-state index contributed by atoms with van der Waals surface area (Å²) in [7, 11) is 0. The highest BCUT2D eigenvalue weighted by Gasteiger charge is 2.22. The lowest BCUT2D eigenvalue weighted by atomic mass is 9.99. The Labute approximate surface area is 121 Å². The first-order valence-electron chi connectivity index (χ1n) is 7.72. The summed E-state index contributed by atoms with van der Waals surface area (Å²) < 4.78 is 5.83. The molecule has 0 aromatic heterocycles. The van der Waals surface area contributed by atoms with Gasteiger partial charge in [0.25, 0.3) is 0 Å². The van der Waals surface area contributed by atoms with Crippen molar-refractivity contribution in [2.75, 3.05) is 11.9 Å². The first kappa shape index (κ1) is 13.4. The van der Waals surface area contributed by atoms with Gasteiger partial charge in [0.15, 0.2) is 0 Å². The smallest absolute Gasteiger partial charge is 0.0594 e. The lowest BCUT2D eigenvalue weighted by Crippen LogP contribution is -2.34. The Balaban J connectivity index is 1.76. The molecule has 2 heteroatoms. The highest BCUT2D eigenvalue weighted by Crippen LogP contribution is 2.27. The summed E-state index contributed by atoms with van der Waals surface area (Å²) >= 11 is 0. The fourth-order valence-corrected chi connectivity index (χ4v) is 3.11. The van der Waals surface area contributed by atoms with E-state index < -0.39 is 0 Å². The van der Waals surface area contributed by atoms with Crippen LogP contribution in [0, 0.1) is 0 Å². The van der Waals surface area contributed by atoms with Crippen LogP contribution in [0.15, 0.2) is 42.5 Å². The molecular weight excluding hydrogens is 246 g/mol. The third-order valence-corrected chi connectivity index (χ3v) is 4.13. The second-order valence-electron chi connectivity index (χ2n) is 5.67. The summed E-state index contributed by atoms with van der Waals surface area (Å²) in [6, 6.07) is 15.6. The van der Waals surface area contributed by atoms with Gasteiger partial charge in [-0.1, -0.05) is 49.7 Å². The number of hydrogen-bond acceptors (Lipinski definition) is 2. The minimum Gasteiger partial charge on any atom is -0.382 e. The van der Waals surface area contributed by atoms with Crippen LogP contribution in [0.2, 0.25) is 0 Å². The van der Waals surface area contributed by atoms with E-state index >= 15 is 0 Å². The predicted octanol–water partition coefficient (Wildman–Crippen LogP) is 4.60. The molecule has 3 rings (SSSR count). The number of nitrogens with one attached hydrogen (secondary N) is 1. The Morgan fingerprint density at radius 3 is 2.90 bits per heavy atom. The van der Waals surface area contributed by atoms with Gasteiger partial charge in [-0.05, 0) is 30.7 Å². The van der Waals surface area contributed by atoms with Gasteiger partial charge in [0.2, 0.25) is 0 Å². The fraction of sp³-hybridized carbons (Fsp3) is 0.444. The second kappa shape index (κ2) is 6.27. The van der Waals surface area contributed by atoms with Gasteiger partial charge < -0.3 is 10.1 Å². The highest BCUT2D eigenvalue weighted by molar-refractivity contribution is 5.93. The van der Waals surface area contributed by atoms with Crippen molar-refractivity contribution in [1.29, 1.82) is 0 Å². The maximum atomic E-state index is 5.83. The highest BCUT2D eigenvalue weighted by atomic mass is 16.5. The molecule has 1 fully saturated rings. The zero-order chi connectivity index (χ0) is 13.8. The lowest BCUT2D eigenvalue weighted by Gasteiger charge is -2.31. The van der Waals surface area contributed by atoms with Crippen LogP contribution in [0.5, 0.6) is 0 Å². The van der Waals surface area contributed by atoms with Crippen molar-refractivity contribution in [2.45, 2.75) is 44.8 Å². The predicted molar refractivity (Wildman–Crippen MR) is 85.2 cm³/mol. The van der Waals surface area contributed by atoms with Crippen LogP contribution in [-0.4, -0.2) is 18.8 Å². The van der Waals surface area contributed by atoms with E-state index in [1.807, 2.05) is 0 Å². The first-order chi connectivity index (χ1) is 9.86. The topological polar surface area (TPSA) is 21.3 Å². The van der Waals surface area contributed by atoms with Gasteiger partial charge in [-0.15, -0.1) is 0 Å². The van der Waals surface area contributed by atoms with Gasteiger partial charge in [0, 0.05) is 23.7 Å². The van der Waals surface area contributed by atoms with Crippen LogP contribution in [0.4, 0.5) is 5.69 Å². The minimum atomic E-state index is 0.432. The molecule has 0 spiro atoms. The zero-order valence-corrected chi connectivity index (χ0v) is 12.1. The summed E-state index contributed by atoms with van der Waals surface area (Å²) in [6.45, 7) is 3.11. The SMILES string of the molecule is CCCC1CC(Nc2cccc3ccccc23)CCO1. The number of ether oxygens (including phenoxy) is 1. The van der Waals surface area contributed by atoms with Crippen LogP contribution in [0.1, 0.15) is 32.6 Å². The Hall–Kier alpha value is -1.54.